The number of fused-ring (bicyclic) bond motifs is 1. The van der Waals surface area contributed by atoms with Crippen LogP contribution in [0.2, 0.25) is 0 Å². The number of hydrogen-bond acceptors (Lipinski definition) is 3. The van der Waals surface area contributed by atoms with Crippen LogP contribution in [0.5, 0.6) is 5.75 Å². The molecule has 3 heteroatoms. The molecular formula is C15H18O3. The standard InChI is InChI=1S/C15H18O3/c1-17-15(7-3-8-15)10-13(16)12-5-2-4-11-6-9-18-14(11)12/h2,4-5H,3,6-10H2,1H3. The van der Waals surface area contributed by atoms with Gasteiger partial charge in [0.05, 0.1) is 17.8 Å². The molecule has 1 aliphatic heterocycles. The summed E-state index contributed by atoms with van der Waals surface area (Å²) in [4.78, 5) is 12.4. The van der Waals surface area contributed by atoms with Gasteiger partial charge >= 0.3 is 0 Å². The van der Waals surface area contributed by atoms with Gasteiger partial charge in [0.2, 0.25) is 0 Å². The summed E-state index contributed by atoms with van der Waals surface area (Å²) >= 11 is 0. The summed E-state index contributed by atoms with van der Waals surface area (Å²) in [7, 11) is 1.71. The third-order valence-corrected chi connectivity index (χ3v) is 4.20. The predicted molar refractivity (Wildman–Crippen MR) is 68.2 cm³/mol. The fourth-order valence-electron chi connectivity index (χ4n) is 2.85. The first kappa shape index (κ1) is 11.7. The normalized spacial score (nSPS) is 19.8. The lowest BCUT2D eigenvalue weighted by atomic mass is 9.75. The maximum Gasteiger partial charge on any atom is 0.169 e. The predicted octanol–water partition coefficient (Wildman–Crippen LogP) is 2.76. The van der Waals surface area contributed by atoms with Gasteiger partial charge in [-0.25, -0.2) is 0 Å². The average Bonchev–Trinajstić information content (AvgIpc) is 2.81. The number of methoxy groups -OCH3 is 1. The minimum Gasteiger partial charge on any atom is -0.492 e. The molecule has 18 heavy (non-hydrogen) atoms. The Hall–Kier alpha value is -1.35. The van der Waals surface area contributed by atoms with Gasteiger partial charge in [-0.05, 0) is 30.9 Å². The molecule has 3 nitrogen and oxygen atoms in total. The van der Waals surface area contributed by atoms with E-state index in [1.54, 1.807) is 7.11 Å². The Morgan fingerprint density at radius 2 is 2.28 bits per heavy atom. The summed E-state index contributed by atoms with van der Waals surface area (Å²) in [5.74, 6) is 0.948. The SMILES string of the molecule is COC1(CC(=O)c2cccc3c2OCC3)CCC1. The van der Waals surface area contributed by atoms with Crippen LogP contribution in [0.25, 0.3) is 0 Å². The fraction of sp³-hybridized carbons (Fsp3) is 0.533. The van der Waals surface area contributed by atoms with Crippen molar-refractivity contribution in [2.75, 3.05) is 13.7 Å². The Kier molecular flexibility index (Phi) is 2.86. The van der Waals surface area contributed by atoms with E-state index in [9.17, 15) is 4.79 Å². The Morgan fingerprint density at radius 3 is 2.94 bits per heavy atom. The molecule has 0 saturated heterocycles. The van der Waals surface area contributed by atoms with Crippen LogP contribution in [0.3, 0.4) is 0 Å². The highest BCUT2D eigenvalue weighted by Gasteiger charge is 2.39. The molecule has 1 aromatic carbocycles. The monoisotopic (exact) mass is 246 g/mol. The molecule has 0 unspecified atom stereocenters. The van der Waals surface area contributed by atoms with Crippen LogP contribution in [-0.4, -0.2) is 25.1 Å². The molecule has 1 aliphatic carbocycles. The van der Waals surface area contributed by atoms with Gasteiger partial charge in [-0.1, -0.05) is 12.1 Å². The first-order valence-electron chi connectivity index (χ1n) is 6.57. The second kappa shape index (κ2) is 4.39. The van der Waals surface area contributed by atoms with Crippen molar-refractivity contribution in [2.24, 2.45) is 0 Å². The van der Waals surface area contributed by atoms with Gasteiger partial charge in [0, 0.05) is 20.0 Å². The zero-order valence-electron chi connectivity index (χ0n) is 10.7. The molecule has 0 atom stereocenters. The van der Waals surface area contributed by atoms with Gasteiger partial charge < -0.3 is 9.47 Å². The molecule has 0 N–H and O–H groups in total. The van der Waals surface area contributed by atoms with Crippen LogP contribution < -0.4 is 4.74 Å². The van der Waals surface area contributed by atoms with Crippen molar-refractivity contribution in [3.05, 3.63) is 29.3 Å². The molecule has 1 heterocycles. The lowest BCUT2D eigenvalue weighted by Crippen LogP contribution is -2.41. The zero-order valence-corrected chi connectivity index (χ0v) is 10.7. The third-order valence-electron chi connectivity index (χ3n) is 4.20. The second-order valence-corrected chi connectivity index (χ2v) is 5.23. The number of hydrogen-bond donors (Lipinski definition) is 0. The highest BCUT2D eigenvalue weighted by molar-refractivity contribution is 5.99. The molecule has 1 aromatic rings. The first-order valence-corrected chi connectivity index (χ1v) is 6.57. The van der Waals surface area contributed by atoms with E-state index in [1.807, 2.05) is 18.2 Å². The minimum absolute atomic E-state index is 0.148. The van der Waals surface area contributed by atoms with Crippen molar-refractivity contribution in [2.45, 2.75) is 37.7 Å². The molecule has 1 fully saturated rings. The van der Waals surface area contributed by atoms with E-state index in [0.29, 0.717) is 13.0 Å². The van der Waals surface area contributed by atoms with E-state index in [4.69, 9.17) is 9.47 Å². The van der Waals surface area contributed by atoms with Crippen molar-refractivity contribution < 1.29 is 14.3 Å². The molecular weight excluding hydrogens is 228 g/mol. The summed E-state index contributed by atoms with van der Waals surface area (Å²) in [5.41, 5.74) is 1.67. The molecule has 0 aromatic heterocycles. The zero-order chi connectivity index (χ0) is 12.6. The van der Waals surface area contributed by atoms with E-state index in [2.05, 4.69) is 0 Å². The smallest absolute Gasteiger partial charge is 0.169 e. The second-order valence-electron chi connectivity index (χ2n) is 5.23. The van der Waals surface area contributed by atoms with Crippen LogP contribution in [0.4, 0.5) is 0 Å². The lowest BCUT2D eigenvalue weighted by molar-refractivity contribution is -0.0705. The van der Waals surface area contributed by atoms with Crippen LogP contribution in [-0.2, 0) is 11.2 Å². The number of para-hydroxylation sites is 1. The van der Waals surface area contributed by atoms with E-state index in [1.165, 1.54) is 0 Å². The molecule has 3 rings (SSSR count). The quantitative estimate of drug-likeness (QED) is 0.766. The van der Waals surface area contributed by atoms with Gasteiger partial charge in [-0.2, -0.15) is 0 Å². The van der Waals surface area contributed by atoms with Gasteiger partial charge in [0.25, 0.3) is 0 Å². The van der Waals surface area contributed by atoms with Gasteiger partial charge in [-0.15, -0.1) is 0 Å². The molecule has 2 aliphatic rings. The third kappa shape index (κ3) is 1.83. The molecule has 0 bridgehead atoms. The van der Waals surface area contributed by atoms with E-state index in [-0.39, 0.29) is 11.4 Å². The molecule has 96 valence electrons. The van der Waals surface area contributed by atoms with Crippen molar-refractivity contribution >= 4 is 5.78 Å². The van der Waals surface area contributed by atoms with Crippen molar-refractivity contribution in [3.63, 3.8) is 0 Å². The number of carbonyl (C=O) groups excluding carboxylic acids is 1. The maximum atomic E-state index is 12.4. The number of ketones is 1. The summed E-state index contributed by atoms with van der Waals surface area (Å²) in [5, 5.41) is 0. The van der Waals surface area contributed by atoms with Crippen molar-refractivity contribution in [1.82, 2.24) is 0 Å². The molecule has 0 amide bonds. The Bertz CT molecular complexity index is 469. The number of rotatable bonds is 4. The summed E-state index contributed by atoms with van der Waals surface area (Å²) < 4.78 is 11.1. The lowest BCUT2D eigenvalue weighted by Gasteiger charge is -2.40. The van der Waals surface area contributed by atoms with Crippen molar-refractivity contribution in [1.29, 1.82) is 0 Å². The summed E-state index contributed by atoms with van der Waals surface area (Å²) in [6.07, 6.45) is 4.52. The maximum absolute atomic E-state index is 12.4. The van der Waals surface area contributed by atoms with Crippen molar-refractivity contribution in [3.8, 4) is 5.75 Å². The number of Topliss-reactive ketones (excluding diaryl/α,β-unsaturated/α-hetero) is 1. The van der Waals surface area contributed by atoms with E-state index in [0.717, 1.165) is 42.6 Å². The van der Waals surface area contributed by atoms with Gasteiger partial charge in [-0.3, -0.25) is 4.79 Å². The van der Waals surface area contributed by atoms with Crippen LogP contribution in [0.1, 0.15) is 41.6 Å². The van der Waals surface area contributed by atoms with Crippen LogP contribution >= 0.6 is 0 Å². The van der Waals surface area contributed by atoms with Crippen LogP contribution in [0, 0.1) is 0 Å². The Balaban J connectivity index is 1.83. The summed E-state index contributed by atoms with van der Waals surface area (Å²) in [6, 6.07) is 5.85. The Morgan fingerprint density at radius 1 is 1.44 bits per heavy atom. The number of carbonyl (C=O) groups is 1. The Labute approximate surface area is 107 Å². The largest absolute Gasteiger partial charge is 0.492 e. The summed E-state index contributed by atoms with van der Waals surface area (Å²) in [6.45, 7) is 0.690. The van der Waals surface area contributed by atoms with Gasteiger partial charge in [0.1, 0.15) is 5.75 Å². The number of ether oxygens (including phenoxy) is 2. The van der Waals surface area contributed by atoms with E-state index < -0.39 is 0 Å². The van der Waals surface area contributed by atoms with E-state index >= 15 is 0 Å². The average molecular weight is 246 g/mol. The van der Waals surface area contributed by atoms with Crippen LogP contribution in [0.15, 0.2) is 18.2 Å². The topological polar surface area (TPSA) is 35.5 Å². The molecule has 0 spiro atoms. The molecule has 1 saturated carbocycles. The number of benzene rings is 1. The molecule has 0 radical (unpaired) electrons. The fourth-order valence-corrected chi connectivity index (χ4v) is 2.85. The highest BCUT2D eigenvalue weighted by atomic mass is 16.5. The first-order chi connectivity index (χ1) is 8.74. The minimum atomic E-state index is -0.210. The van der Waals surface area contributed by atoms with Gasteiger partial charge in [0.15, 0.2) is 5.78 Å². The highest BCUT2D eigenvalue weighted by Crippen LogP contribution is 2.40.